The van der Waals surface area contributed by atoms with Crippen molar-refractivity contribution in [3.8, 4) is 22.6 Å². The van der Waals surface area contributed by atoms with Gasteiger partial charge in [-0.25, -0.2) is 0 Å². The molecule has 3 rings (SSSR count). The molecule has 0 heterocycles. The number of rotatable bonds is 4. The van der Waals surface area contributed by atoms with E-state index in [1.165, 1.54) is 0 Å². The first-order valence-electron chi connectivity index (χ1n) is 6.83. The Kier molecular flexibility index (Phi) is 3.83. The molecule has 101 valence electrons. The van der Waals surface area contributed by atoms with Crippen molar-refractivity contribution in [2.45, 2.75) is 0 Å². The SMILES string of the molecule is [CH]=Cc1ccc(-c2ccc(Oc3ccccc3)cc2)cc1. The molecule has 0 fully saturated rings. The Labute approximate surface area is 125 Å². The third kappa shape index (κ3) is 3.21. The van der Waals surface area contributed by atoms with Crippen LogP contribution in [0.1, 0.15) is 5.56 Å². The van der Waals surface area contributed by atoms with Crippen LogP contribution in [-0.4, -0.2) is 0 Å². The van der Waals surface area contributed by atoms with Crippen LogP contribution in [-0.2, 0) is 0 Å². The lowest BCUT2D eigenvalue weighted by atomic mass is 10.0. The number of ether oxygens (including phenoxy) is 1. The van der Waals surface area contributed by atoms with E-state index in [2.05, 4.69) is 24.3 Å². The molecular formula is C20H15O. The van der Waals surface area contributed by atoms with Gasteiger partial charge in [0.2, 0.25) is 0 Å². The minimum atomic E-state index is 0.830. The molecule has 0 spiro atoms. The van der Waals surface area contributed by atoms with Crippen molar-refractivity contribution in [1.29, 1.82) is 0 Å². The van der Waals surface area contributed by atoms with E-state index >= 15 is 0 Å². The molecule has 0 aromatic heterocycles. The van der Waals surface area contributed by atoms with E-state index in [1.807, 2.05) is 54.6 Å². The highest BCUT2D eigenvalue weighted by atomic mass is 16.5. The van der Waals surface area contributed by atoms with Crippen LogP contribution in [0.25, 0.3) is 17.2 Å². The fraction of sp³-hybridized carbons (Fsp3) is 0. The van der Waals surface area contributed by atoms with Crippen LogP contribution in [0.4, 0.5) is 0 Å². The first kappa shape index (κ1) is 13.2. The summed E-state index contributed by atoms with van der Waals surface area (Å²) in [5.74, 6) is 1.67. The normalized spacial score (nSPS) is 10.1. The van der Waals surface area contributed by atoms with Gasteiger partial charge in [0.25, 0.3) is 0 Å². The van der Waals surface area contributed by atoms with Crippen LogP contribution in [0.15, 0.2) is 78.9 Å². The van der Waals surface area contributed by atoms with Gasteiger partial charge >= 0.3 is 0 Å². The summed E-state index contributed by atoms with van der Waals surface area (Å²) in [6.45, 7) is 5.49. The molecule has 0 amide bonds. The quantitative estimate of drug-likeness (QED) is 0.600. The van der Waals surface area contributed by atoms with Crippen molar-refractivity contribution in [2.75, 3.05) is 0 Å². The number of hydrogen-bond acceptors (Lipinski definition) is 1. The third-order valence-corrected chi connectivity index (χ3v) is 3.27. The van der Waals surface area contributed by atoms with Crippen LogP contribution in [0.5, 0.6) is 11.5 Å². The zero-order chi connectivity index (χ0) is 14.5. The van der Waals surface area contributed by atoms with Gasteiger partial charge < -0.3 is 4.74 Å². The van der Waals surface area contributed by atoms with E-state index in [9.17, 15) is 0 Å². The Morgan fingerprint density at radius 3 is 1.71 bits per heavy atom. The minimum absolute atomic E-state index is 0.830. The third-order valence-electron chi connectivity index (χ3n) is 3.27. The van der Waals surface area contributed by atoms with Crippen molar-refractivity contribution in [2.24, 2.45) is 0 Å². The summed E-state index contributed by atoms with van der Waals surface area (Å²) >= 11 is 0. The van der Waals surface area contributed by atoms with Crippen molar-refractivity contribution in [1.82, 2.24) is 0 Å². The van der Waals surface area contributed by atoms with Gasteiger partial charge in [-0.2, -0.15) is 0 Å². The highest BCUT2D eigenvalue weighted by Gasteiger charge is 2.00. The Balaban J connectivity index is 1.78. The molecule has 0 aliphatic heterocycles. The molecule has 0 aliphatic carbocycles. The second kappa shape index (κ2) is 6.10. The number of para-hydroxylation sites is 1. The number of benzene rings is 3. The predicted molar refractivity (Wildman–Crippen MR) is 87.2 cm³/mol. The van der Waals surface area contributed by atoms with E-state index in [0.717, 1.165) is 28.2 Å². The molecule has 0 atom stereocenters. The maximum Gasteiger partial charge on any atom is 0.127 e. The van der Waals surface area contributed by atoms with E-state index in [0.29, 0.717) is 0 Å². The molecule has 1 heteroatoms. The summed E-state index contributed by atoms with van der Waals surface area (Å²) in [6.07, 6.45) is 1.60. The van der Waals surface area contributed by atoms with Crippen LogP contribution in [0.3, 0.4) is 0 Å². The monoisotopic (exact) mass is 271 g/mol. The van der Waals surface area contributed by atoms with E-state index in [4.69, 9.17) is 11.3 Å². The van der Waals surface area contributed by atoms with Gasteiger partial charge in [0.1, 0.15) is 11.5 Å². The number of hydrogen-bond donors (Lipinski definition) is 0. The van der Waals surface area contributed by atoms with Gasteiger partial charge in [-0.3, -0.25) is 0 Å². The lowest BCUT2D eigenvalue weighted by Crippen LogP contribution is -1.84. The average molecular weight is 271 g/mol. The van der Waals surface area contributed by atoms with Crippen LogP contribution in [0, 0.1) is 6.58 Å². The minimum Gasteiger partial charge on any atom is -0.457 e. The summed E-state index contributed by atoms with van der Waals surface area (Å²) in [7, 11) is 0. The van der Waals surface area contributed by atoms with Crippen LogP contribution >= 0.6 is 0 Å². The van der Waals surface area contributed by atoms with E-state index < -0.39 is 0 Å². The van der Waals surface area contributed by atoms with Crippen LogP contribution < -0.4 is 4.74 Å². The van der Waals surface area contributed by atoms with Crippen LogP contribution in [0.2, 0.25) is 0 Å². The predicted octanol–water partition coefficient (Wildman–Crippen LogP) is 5.59. The van der Waals surface area contributed by atoms with Crippen molar-refractivity contribution in [3.63, 3.8) is 0 Å². The highest BCUT2D eigenvalue weighted by Crippen LogP contribution is 2.26. The molecule has 1 radical (unpaired) electrons. The van der Waals surface area contributed by atoms with Gasteiger partial charge in [-0.05, 0) is 41.0 Å². The van der Waals surface area contributed by atoms with E-state index in [-0.39, 0.29) is 0 Å². The van der Waals surface area contributed by atoms with Gasteiger partial charge in [0, 0.05) is 0 Å². The first-order chi connectivity index (χ1) is 10.3. The second-order valence-corrected chi connectivity index (χ2v) is 4.73. The molecule has 3 aromatic rings. The second-order valence-electron chi connectivity index (χ2n) is 4.73. The average Bonchev–Trinajstić information content (AvgIpc) is 2.57. The van der Waals surface area contributed by atoms with Gasteiger partial charge in [0.05, 0.1) is 0 Å². The van der Waals surface area contributed by atoms with Crippen molar-refractivity contribution < 1.29 is 4.74 Å². The molecule has 0 bridgehead atoms. The zero-order valence-corrected chi connectivity index (χ0v) is 11.6. The Morgan fingerprint density at radius 1 is 0.619 bits per heavy atom. The largest absolute Gasteiger partial charge is 0.457 e. The Bertz CT molecular complexity index is 710. The summed E-state index contributed by atoms with van der Waals surface area (Å²) in [4.78, 5) is 0. The van der Waals surface area contributed by atoms with E-state index in [1.54, 1.807) is 6.08 Å². The molecule has 0 aliphatic rings. The fourth-order valence-electron chi connectivity index (χ4n) is 2.13. The van der Waals surface area contributed by atoms with Gasteiger partial charge in [-0.1, -0.05) is 67.3 Å². The lowest BCUT2D eigenvalue weighted by Gasteiger charge is -2.07. The van der Waals surface area contributed by atoms with Crippen molar-refractivity contribution in [3.05, 3.63) is 91.0 Å². The summed E-state index contributed by atoms with van der Waals surface area (Å²) in [6, 6.07) is 26.0. The molecule has 1 nitrogen and oxygen atoms in total. The smallest absolute Gasteiger partial charge is 0.127 e. The first-order valence-corrected chi connectivity index (χ1v) is 6.83. The molecule has 0 saturated carbocycles. The maximum absolute atomic E-state index is 5.78. The molecule has 3 aromatic carbocycles. The van der Waals surface area contributed by atoms with Gasteiger partial charge in [0.15, 0.2) is 0 Å². The molecule has 0 unspecified atom stereocenters. The zero-order valence-electron chi connectivity index (χ0n) is 11.6. The topological polar surface area (TPSA) is 9.23 Å². The summed E-state index contributed by atoms with van der Waals surface area (Å²) in [5, 5.41) is 0. The summed E-state index contributed by atoms with van der Waals surface area (Å²) in [5.41, 5.74) is 3.33. The summed E-state index contributed by atoms with van der Waals surface area (Å²) < 4.78 is 5.78. The molecule has 21 heavy (non-hydrogen) atoms. The standard InChI is InChI=1S/C20H15O/c1-2-16-8-10-17(11-9-16)18-12-14-20(15-13-18)21-19-6-4-3-5-7-19/h1-15H. The Hall–Kier alpha value is -2.80. The van der Waals surface area contributed by atoms with Gasteiger partial charge in [-0.15, -0.1) is 0 Å². The Morgan fingerprint density at radius 2 is 1.14 bits per heavy atom. The van der Waals surface area contributed by atoms with Crippen molar-refractivity contribution >= 4 is 6.08 Å². The highest BCUT2D eigenvalue weighted by molar-refractivity contribution is 5.66. The molecular weight excluding hydrogens is 256 g/mol. The molecule has 0 N–H and O–H groups in total. The fourth-order valence-corrected chi connectivity index (χ4v) is 2.13. The maximum atomic E-state index is 5.78. The lowest BCUT2D eigenvalue weighted by molar-refractivity contribution is 0.483. The molecule has 0 saturated heterocycles.